The van der Waals surface area contributed by atoms with E-state index in [1.165, 1.54) is 29.1 Å². The number of amides is 1. The zero-order chi connectivity index (χ0) is 21.4. The minimum atomic E-state index is -5.04. The summed E-state index contributed by atoms with van der Waals surface area (Å²) in [5, 5.41) is 4.38. The first kappa shape index (κ1) is 20.1. The van der Waals surface area contributed by atoms with Crippen LogP contribution in [0, 0.1) is 5.82 Å². The molecule has 0 radical (unpaired) electrons. The average Bonchev–Trinajstić information content (AvgIpc) is 3.24. The van der Waals surface area contributed by atoms with Crippen molar-refractivity contribution < 1.29 is 31.8 Å². The van der Waals surface area contributed by atoms with E-state index in [0.717, 1.165) is 12.1 Å². The van der Waals surface area contributed by atoms with Crippen LogP contribution in [0.15, 0.2) is 47.4 Å². The van der Waals surface area contributed by atoms with Gasteiger partial charge in [0.1, 0.15) is 22.7 Å². The van der Waals surface area contributed by atoms with E-state index in [1.807, 2.05) is 0 Å². The number of alkyl halides is 3. The van der Waals surface area contributed by atoms with Gasteiger partial charge in [-0.3, -0.25) is 9.78 Å². The van der Waals surface area contributed by atoms with Crippen molar-refractivity contribution in [3.05, 3.63) is 70.2 Å². The fourth-order valence-electron chi connectivity index (χ4n) is 3.29. The molecule has 30 heavy (non-hydrogen) atoms. The molecular formula is C19H13F4N3O3S. The number of halogens is 4. The van der Waals surface area contributed by atoms with E-state index >= 15 is 0 Å². The van der Waals surface area contributed by atoms with E-state index in [-0.39, 0.29) is 24.3 Å². The summed E-state index contributed by atoms with van der Waals surface area (Å²) in [7, 11) is 0. The molecule has 0 unspecified atom stereocenters. The lowest BCUT2D eigenvalue weighted by molar-refractivity contribution is -0.275. The maximum Gasteiger partial charge on any atom is 0.573 e. The Bertz CT molecular complexity index is 1080. The number of nitrogens with zero attached hydrogens (tertiary/aromatic N) is 2. The molecule has 156 valence electrons. The highest BCUT2D eigenvalue weighted by atomic mass is 32.1. The summed E-state index contributed by atoms with van der Waals surface area (Å²) in [5.41, 5.74) is 0.805. The number of pyridine rings is 1. The van der Waals surface area contributed by atoms with E-state index < -0.39 is 29.4 Å². The molecule has 4 rings (SSSR count). The normalized spacial score (nSPS) is 18.3. The van der Waals surface area contributed by atoms with Crippen molar-refractivity contribution >= 4 is 17.2 Å². The zero-order valence-electron chi connectivity index (χ0n) is 15.1. The van der Waals surface area contributed by atoms with Crippen LogP contribution in [0.25, 0.3) is 0 Å². The Morgan fingerprint density at radius 1 is 1.27 bits per heavy atom. The predicted molar refractivity (Wildman–Crippen MR) is 97.8 cm³/mol. The number of nitrogens with one attached hydrogen (secondary N) is 1. The van der Waals surface area contributed by atoms with Crippen LogP contribution >= 0.6 is 11.3 Å². The third-order valence-electron chi connectivity index (χ3n) is 4.55. The second-order valence-corrected chi connectivity index (χ2v) is 7.09. The van der Waals surface area contributed by atoms with Crippen molar-refractivity contribution in [2.75, 3.05) is 6.61 Å². The minimum Gasteiger partial charge on any atom is -0.491 e. The Morgan fingerprint density at radius 3 is 2.80 bits per heavy atom. The fourth-order valence-corrected chi connectivity index (χ4v) is 3.82. The van der Waals surface area contributed by atoms with Crippen molar-refractivity contribution in [3.63, 3.8) is 0 Å². The summed E-state index contributed by atoms with van der Waals surface area (Å²) < 4.78 is 61.3. The molecule has 6 nitrogen and oxygen atoms in total. The molecule has 2 aromatic heterocycles. The maximum atomic E-state index is 14.5. The Morgan fingerprint density at radius 2 is 2.10 bits per heavy atom. The highest BCUT2D eigenvalue weighted by Crippen LogP contribution is 2.42. The monoisotopic (exact) mass is 439 g/mol. The van der Waals surface area contributed by atoms with Gasteiger partial charge >= 0.3 is 6.36 Å². The third-order valence-corrected chi connectivity index (χ3v) is 5.14. The van der Waals surface area contributed by atoms with Crippen LogP contribution in [-0.2, 0) is 5.54 Å². The van der Waals surface area contributed by atoms with Crippen LogP contribution in [0.3, 0.4) is 0 Å². The average molecular weight is 439 g/mol. The predicted octanol–water partition coefficient (Wildman–Crippen LogP) is 4.03. The van der Waals surface area contributed by atoms with Gasteiger partial charge in [-0.05, 0) is 29.8 Å². The van der Waals surface area contributed by atoms with Gasteiger partial charge in [0, 0.05) is 18.0 Å². The van der Waals surface area contributed by atoms with Crippen LogP contribution in [0.1, 0.15) is 28.2 Å². The number of hydrogen-bond donors (Lipinski definition) is 1. The van der Waals surface area contributed by atoms with Gasteiger partial charge in [-0.1, -0.05) is 6.07 Å². The molecule has 1 aromatic carbocycles. The number of carbonyl (C=O) groups is 1. The Hall–Kier alpha value is -3.21. The first-order valence-corrected chi connectivity index (χ1v) is 9.57. The van der Waals surface area contributed by atoms with E-state index in [1.54, 1.807) is 17.5 Å². The summed E-state index contributed by atoms with van der Waals surface area (Å²) in [6, 6.07) is 6.30. The molecule has 1 N–H and O–H groups in total. The topological polar surface area (TPSA) is 73.3 Å². The van der Waals surface area contributed by atoms with Gasteiger partial charge in [0.2, 0.25) is 0 Å². The zero-order valence-corrected chi connectivity index (χ0v) is 15.9. The molecule has 11 heteroatoms. The van der Waals surface area contributed by atoms with Crippen molar-refractivity contribution in [2.24, 2.45) is 0 Å². The number of benzene rings is 1. The Kier molecular flexibility index (Phi) is 5.06. The van der Waals surface area contributed by atoms with Gasteiger partial charge in [-0.15, -0.1) is 24.5 Å². The van der Waals surface area contributed by atoms with Crippen LogP contribution in [0.4, 0.5) is 17.6 Å². The lowest BCUT2D eigenvalue weighted by atomic mass is 9.81. The van der Waals surface area contributed by atoms with Gasteiger partial charge in [-0.2, -0.15) is 0 Å². The quantitative estimate of drug-likeness (QED) is 0.622. The van der Waals surface area contributed by atoms with E-state index in [9.17, 15) is 22.4 Å². The maximum absolute atomic E-state index is 14.5. The van der Waals surface area contributed by atoms with Crippen molar-refractivity contribution in [1.29, 1.82) is 0 Å². The molecule has 1 atom stereocenters. The minimum absolute atomic E-state index is 0.154. The molecule has 0 aliphatic carbocycles. The summed E-state index contributed by atoms with van der Waals surface area (Å²) in [6.45, 7) is 0.165. The van der Waals surface area contributed by atoms with Crippen LogP contribution in [0.5, 0.6) is 11.5 Å². The van der Waals surface area contributed by atoms with Gasteiger partial charge in [0.05, 0.1) is 12.1 Å². The van der Waals surface area contributed by atoms with Crippen molar-refractivity contribution in [3.8, 4) is 11.5 Å². The molecule has 3 heterocycles. The number of carbonyl (C=O) groups excluding carboxylic acids is 1. The molecule has 0 saturated heterocycles. The fraction of sp³-hybridized carbons (Fsp3) is 0.211. The van der Waals surface area contributed by atoms with Crippen LogP contribution in [-0.4, -0.2) is 28.8 Å². The SMILES string of the molecule is O=C(N[C@]1(c2ccc(OC(F)(F)F)c(F)c2)CCOc2cccnc21)c1cscn1. The lowest BCUT2D eigenvalue weighted by Crippen LogP contribution is -2.50. The molecular weight excluding hydrogens is 426 g/mol. The summed E-state index contributed by atoms with van der Waals surface area (Å²) in [6.07, 6.45) is -3.38. The third kappa shape index (κ3) is 3.80. The van der Waals surface area contributed by atoms with Gasteiger partial charge in [0.25, 0.3) is 5.91 Å². The molecule has 0 fully saturated rings. The van der Waals surface area contributed by atoms with Crippen LogP contribution in [0.2, 0.25) is 0 Å². The van der Waals surface area contributed by atoms with E-state index in [2.05, 4.69) is 20.0 Å². The molecule has 1 amide bonds. The van der Waals surface area contributed by atoms with Gasteiger partial charge in [-0.25, -0.2) is 9.37 Å². The van der Waals surface area contributed by atoms with Crippen molar-refractivity contribution in [2.45, 2.75) is 18.3 Å². The summed E-state index contributed by atoms with van der Waals surface area (Å²) >= 11 is 1.22. The van der Waals surface area contributed by atoms with Gasteiger partial charge in [0.15, 0.2) is 11.6 Å². The lowest BCUT2D eigenvalue weighted by Gasteiger charge is -2.38. The highest BCUT2D eigenvalue weighted by molar-refractivity contribution is 7.07. The number of ether oxygens (including phenoxy) is 2. The van der Waals surface area contributed by atoms with Crippen molar-refractivity contribution in [1.82, 2.24) is 15.3 Å². The molecule has 0 saturated carbocycles. The number of thiazole rings is 1. The first-order chi connectivity index (χ1) is 14.3. The number of hydrogen-bond acceptors (Lipinski definition) is 6. The van der Waals surface area contributed by atoms with E-state index in [4.69, 9.17) is 4.74 Å². The second-order valence-electron chi connectivity index (χ2n) is 6.37. The van der Waals surface area contributed by atoms with Crippen LogP contribution < -0.4 is 14.8 Å². The summed E-state index contributed by atoms with van der Waals surface area (Å²) in [5.74, 6) is -2.36. The smallest absolute Gasteiger partial charge is 0.491 e. The molecule has 0 spiro atoms. The Labute approximate surface area is 171 Å². The number of rotatable bonds is 4. The molecule has 1 aliphatic rings. The largest absolute Gasteiger partial charge is 0.573 e. The number of fused-ring (bicyclic) bond motifs is 1. The second kappa shape index (κ2) is 7.56. The molecule has 3 aromatic rings. The molecule has 1 aliphatic heterocycles. The molecule has 0 bridgehead atoms. The highest BCUT2D eigenvalue weighted by Gasteiger charge is 2.43. The Balaban J connectivity index is 1.81. The number of aromatic nitrogens is 2. The first-order valence-electron chi connectivity index (χ1n) is 8.63. The summed E-state index contributed by atoms with van der Waals surface area (Å²) in [4.78, 5) is 21.1. The standard InChI is InChI=1S/C19H13F4N3O3S/c20-12-8-11(3-4-14(12)29-19(21,22)23)18(26-17(27)13-9-30-10-25-13)5-7-28-15-2-1-6-24-16(15)18/h1-4,6,8-10H,5,7H2,(H,26,27)/t18-/m0/s1. The van der Waals surface area contributed by atoms with E-state index in [0.29, 0.717) is 11.4 Å². The van der Waals surface area contributed by atoms with Gasteiger partial charge < -0.3 is 14.8 Å².